The number of nitrogens with one attached hydrogen (secondary N) is 1. The SMILES string of the molecule is CCNc1nc(-c2ccccc2)nc(C)c1F. The maximum absolute atomic E-state index is 13.7. The molecule has 0 unspecified atom stereocenters. The molecule has 0 fully saturated rings. The maximum Gasteiger partial charge on any atom is 0.186 e. The molecule has 2 rings (SSSR count). The number of aromatic nitrogens is 2. The minimum atomic E-state index is -0.383. The molecule has 0 amide bonds. The van der Waals surface area contributed by atoms with Crippen molar-refractivity contribution in [3.63, 3.8) is 0 Å². The number of rotatable bonds is 3. The van der Waals surface area contributed by atoms with Crippen LogP contribution in [0.3, 0.4) is 0 Å². The van der Waals surface area contributed by atoms with Crippen LogP contribution in [-0.2, 0) is 0 Å². The smallest absolute Gasteiger partial charge is 0.186 e. The fraction of sp³-hybridized carbons (Fsp3) is 0.231. The molecule has 0 aliphatic carbocycles. The summed E-state index contributed by atoms with van der Waals surface area (Å²) < 4.78 is 13.7. The molecule has 88 valence electrons. The molecule has 0 saturated carbocycles. The van der Waals surface area contributed by atoms with E-state index in [0.29, 0.717) is 18.1 Å². The van der Waals surface area contributed by atoms with E-state index < -0.39 is 0 Å². The molecule has 1 heterocycles. The Hall–Kier alpha value is -1.97. The standard InChI is InChI=1S/C13H14FN3/c1-3-15-13-11(14)9(2)16-12(17-13)10-7-5-4-6-8-10/h4-8H,3H2,1-2H3,(H,15,16,17). The first kappa shape index (κ1) is 11.5. The van der Waals surface area contributed by atoms with Crippen molar-refractivity contribution in [2.45, 2.75) is 13.8 Å². The molecule has 0 spiro atoms. The van der Waals surface area contributed by atoms with Gasteiger partial charge in [-0.1, -0.05) is 30.3 Å². The molecule has 0 radical (unpaired) electrons. The van der Waals surface area contributed by atoms with E-state index >= 15 is 0 Å². The highest BCUT2D eigenvalue weighted by Crippen LogP contribution is 2.20. The van der Waals surface area contributed by atoms with Crippen molar-refractivity contribution in [3.05, 3.63) is 41.8 Å². The molecule has 3 nitrogen and oxygen atoms in total. The summed E-state index contributed by atoms with van der Waals surface area (Å²) in [6.07, 6.45) is 0. The fourth-order valence-electron chi connectivity index (χ4n) is 1.56. The van der Waals surface area contributed by atoms with Crippen LogP contribution in [0.15, 0.2) is 30.3 Å². The van der Waals surface area contributed by atoms with Crippen molar-refractivity contribution in [2.75, 3.05) is 11.9 Å². The van der Waals surface area contributed by atoms with Crippen LogP contribution >= 0.6 is 0 Å². The van der Waals surface area contributed by atoms with E-state index in [0.717, 1.165) is 5.56 Å². The second kappa shape index (κ2) is 4.91. The zero-order valence-corrected chi connectivity index (χ0v) is 9.87. The van der Waals surface area contributed by atoms with Gasteiger partial charge in [-0.05, 0) is 13.8 Å². The van der Waals surface area contributed by atoms with Crippen LogP contribution in [0.4, 0.5) is 10.2 Å². The normalized spacial score (nSPS) is 10.3. The molecule has 1 N–H and O–H groups in total. The molecular weight excluding hydrogens is 217 g/mol. The average Bonchev–Trinajstić information content (AvgIpc) is 2.36. The highest BCUT2D eigenvalue weighted by molar-refractivity contribution is 5.57. The molecule has 0 atom stereocenters. The fourth-order valence-corrected chi connectivity index (χ4v) is 1.56. The van der Waals surface area contributed by atoms with Gasteiger partial charge < -0.3 is 5.32 Å². The van der Waals surface area contributed by atoms with Gasteiger partial charge in [0.25, 0.3) is 0 Å². The second-order valence-electron chi connectivity index (χ2n) is 3.69. The van der Waals surface area contributed by atoms with Gasteiger partial charge in [-0.3, -0.25) is 0 Å². The lowest BCUT2D eigenvalue weighted by molar-refractivity contribution is 0.606. The van der Waals surface area contributed by atoms with Crippen LogP contribution in [0.5, 0.6) is 0 Å². The molecule has 0 saturated heterocycles. The Bertz CT molecular complexity index is 512. The van der Waals surface area contributed by atoms with E-state index in [1.54, 1.807) is 6.92 Å². The van der Waals surface area contributed by atoms with E-state index in [4.69, 9.17) is 0 Å². The van der Waals surface area contributed by atoms with E-state index in [1.807, 2.05) is 37.3 Å². The van der Waals surface area contributed by atoms with Crippen molar-refractivity contribution in [1.29, 1.82) is 0 Å². The minimum absolute atomic E-state index is 0.263. The van der Waals surface area contributed by atoms with Crippen LogP contribution in [-0.4, -0.2) is 16.5 Å². The molecule has 17 heavy (non-hydrogen) atoms. The molecule has 0 aliphatic rings. The number of halogens is 1. The third kappa shape index (κ3) is 2.41. The third-order valence-corrected chi connectivity index (χ3v) is 2.39. The lowest BCUT2D eigenvalue weighted by Crippen LogP contribution is -2.06. The molecule has 1 aromatic carbocycles. The van der Waals surface area contributed by atoms with Gasteiger partial charge in [0.1, 0.15) is 0 Å². The molecule has 4 heteroatoms. The number of benzene rings is 1. The van der Waals surface area contributed by atoms with Gasteiger partial charge >= 0.3 is 0 Å². The van der Waals surface area contributed by atoms with E-state index in [9.17, 15) is 4.39 Å². The van der Waals surface area contributed by atoms with Crippen LogP contribution in [0.2, 0.25) is 0 Å². The van der Waals surface area contributed by atoms with Gasteiger partial charge in [-0.2, -0.15) is 0 Å². The number of aryl methyl sites for hydroxylation is 1. The minimum Gasteiger partial charge on any atom is -0.368 e. The Morgan fingerprint density at radius 3 is 2.53 bits per heavy atom. The summed E-state index contributed by atoms with van der Waals surface area (Å²) in [6, 6.07) is 9.55. The van der Waals surface area contributed by atoms with Crippen molar-refractivity contribution in [1.82, 2.24) is 9.97 Å². The van der Waals surface area contributed by atoms with Crippen molar-refractivity contribution < 1.29 is 4.39 Å². The van der Waals surface area contributed by atoms with E-state index in [-0.39, 0.29) is 11.6 Å². The summed E-state index contributed by atoms with van der Waals surface area (Å²) in [4.78, 5) is 8.36. The zero-order valence-electron chi connectivity index (χ0n) is 9.87. The highest BCUT2D eigenvalue weighted by atomic mass is 19.1. The molecule has 0 bridgehead atoms. The maximum atomic E-state index is 13.7. The summed E-state index contributed by atoms with van der Waals surface area (Å²) in [6.45, 7) is 4.17. The van der Waals surface area contributed by atoms with Crippen molar-refractivity contribution >= 4 is 5.82 Å². The first-order valence-electron chi connectivity index (χ1n) is 5.55. The molecule has 0 aliphatic heterocycles. The van der Waals surface area contributed by atoms with Crippen molar-refractivity contribution in [2.24, 2.45) is 0 Å². The van der Waals surface area contributed by atoms with Crippen LogP contribution in [0.25, 0.3) is 11.4 Å². The highest BCUT2D eigenvalue weighted by Gasteiger charge is 2.11. The Balaban J connectivity index is 2.49. The van der Waals surface area contributed by atoms with Gasteiger partial charge in [-0.25, -0.2) is 14.4 Å². The molecule has 2 aromatic rings. The predicted molar refractivity (Wildman–Crippen MR) is 66.3 cm³/mol. The summed E-state index contributed by atoms with van der Waals surface area (Å²) in [5.74, 6) is 0.422. The summed E-state index contributed by atoms with van der Waals surface area (Å²) >= 11 is 0. The van der Waals surface area contributed by atoms with E-state index in [2.05, 4.69) is 15.3 Å². The van der Waals surface area contributed by atoms with Gasteiger partial charge in [0, 0.05) is 12.1 Å². The monoisotopic (exact) mass is 231 g/mol. The van der Waals surface area contributed by atoms with Gasteiger partial charge in [0.2, 0.25) is 0 Å². The summed E-state index contributed by atoms with van der Waals surface area (Å²) in [5, 5.41) is 2.90. The van der Waals surface area contributed by atoms with Gasteiger partial charge in [0.05, 0.1) is 5.69 Å². The van der Waals surface area contributed by atoms with Crippen LogP contribution in [0.1, 0.15) is 12.6 Å². The lowest BCUT2D eigenvalue weighted by atomic mass is 10.2. The first-order chi connectivity index (χ1) is 8.22. The third-order valence-electron chi connectivity index (χ3n) is 2.39. The topological polar surface area (TPSA) is 37.8 Å². The number of hydrogen-bond acceptors (Lipinski definition) is 3. The number of nitrogens with zero attached hydrogens (tertiary/aromatic N) is 2. The Morgan fingerprint density at radius 1 is 1.18 bits per heavy atom. The predicted octanol–water partition coefficient (Wildman–Crippen LogP) is 3.02. The molecule has 1 aromatic heterocycles. The molecular formula is C13H14FN3. The van der Waals surface area contributed by atoms with Gasteiger partial charge in [-0.15, -0.1) is 0 Å². The van der Waals surface area contributed by atoms with E-state index in [1.165, 1.54) is 0 Å². The lowest BCUT2D eigenvalue weighted by Gasteiger charge is -2.08. The summed E-state index contributed by atoms with van der Waals surface area (Å²) in [7, 11) is 0. The second-order valence-corrected chi connectivity index (χ2v) is 3.69. The Kier molecular flexibility index (Phi) is 3.32. The quantitative estimate of drug-likeness (QED) is 0.882. The van der Waals surface area contributed by atoms with Gasteiger partial charge in [0.15, 0.2) is 17.5 Å². The Morgan fingerprint density at radius 2 is 1.88 bits per heavy atom. The van der Waals surface area contributed by atoms with Crippen molar-refractivity contribution in [3.8, 4) is 11.4 Å². The number of hydrogen-bond donors (Lipinski definition) is 1. The number of anilines is 1. The van der Waals surface area contributed by atoms with Crippen LogP contribution in [0, 0.1) is 12.7 Å². The first-order valence-corrected chi connectivity index (χ1v) is 5.55. The Labute approximate surface area is 99.7 Å². The largest absolute Gasteiger partial charge is 0.368 e. The zero-order chi connectivity index (χ0) is 12.3. The van der Waals surface area contributed by atoms with Crippen LogP contribution < -0.4 is 5.32 Å². The average molecular weight is 231 g/mol. The summed E-state index contributed by atoms with van der Waals surface area (Å²) in [5.41, 5.74) is 1.24.